The number of carbonyl (C=O) groups excluding carboxylic acids is 2. The van der Waals surface area contributed by atoms with Crippen LogP contribution in [0.2, 0.25) is 0 Å². The first-order valence-corrected chi connectivity index (χ1v) is 8.63. The van der Waals surface area contributed by atoms with Gasteiger partial charge in [-0.3, -0.25) is 9.59 Å². The number of aryl methyl sites for hydroxylation is 1. The van der Waals surface area contributed by atoms with Crippen LogP contribution in [0.15, 0.2) is 41.8 Å². The zero-order valence-electron chi connectivity index (χ0n) is 13.6. The van der Waals surface area contributed by atoms with Crippen molar-refractivity contribution in [2.24, 2.45) is 5.92 Å². The van der Waals surface area contributed by atoms with Crippen molar-refractivity contribution in [2.45, 2.75) is 33.2 Å². The first-order valence-electron chi connectivity index (χ1n) is 7.75. The maximum absolute atomic E-state index is 12.5. The first-order chi connectivity index (χ1) is 11.0. The van der Waals surface area contributed by atoms with Crippen molar-refractivity contribution in [3.63, 3.8) is 0 Å². The summed E-state index contributed by atoms with van der Waals surface area (Å²) in [6, 6.07) is 10.7. The number of amides is 2. The monoisotopic (exact) mass is 330 g/mol. The van der Waals surface area contributed by atoms with E-state index in [1.807, 2.05) is 49.6 Å². The van der Waals surface area contributed by atoms with E-state index in [1.54, 1.807) is 6.07 Å². The van der Waals surface area contributed by atoms with Crippen LogP contribution in [-0.4, -0.2) is 17.9 Å². The summed E-state index contributed by atoms with van der Waals surface area (Å²) in [4.78, 5) is 25.3. The molecule has 2 rings (SSSR count). The minimum absolute atomic E-state index is 0.00623. The third-order valence-corrected chi connectivity index (χ3v) is 4.45. The Morgan fingerprint density at radius 2 is 1.96 bits per heavy atom. The number of anilines is 1. The number of benzene rings is 1. The van der Waals surface area contributed by atoms with Gasteiger partial charge in [0, 0.05) is 5.69 Å². The van der Waals surface area contributed by atoms with Gasteiger partial charge in [-0.15, -0.1) is 11.3 Å². The summed E-state index contributed by atoms with van der Waals surface area (Å²) < 4.78 is 0. The standard InChI is InChI=1S/C18H22N2O2S/c1-4-13-7-5-8-14(11-13)19-18(22)16(12(2)3)20-17(21)15-9-6-10-23-15/h5-12,16H,4H2,1-3H3,(H,19,22)(H,20,21)/t16-/m1/s1. The molecule has 2 amide bonds. The molecule has 23 heavy (non-hydrogen) atoms. The molecule has 0 bridgehead atoms. The molecule has 1 aromatic carbocycles. The third kappa shape index (κ3) is 4.66. The van der Waals surface area contributed by atoms with Crippen LogP contribution in [0.1, 0.15) is 36.0 Å². The fourth-order valence-electron chi connectivity index (χ4n) is 2.24. The van der Waals surface area contributed by atoms with Crippen molar-refractivity contribution in [1.82, 2.24) is 5.32 Å². The van der Waals surface area contributed by atoms with Gasteiger partial charge in [-0.25, -0.2) is 0 Å². The van der Waals surface area contributed by atoms with Crippen LogP contribution in [-0.2, 0) is 11.2 Å². The van der Waals surface area contributed by atoms with E-state index in [1.165, 1.54) is 11.3 Å². The van der Waals surface area contributed by atoms with Crippen molar-refractivity contribution >= 4 is 28.8 Å². The van der Waals surface area contributed by atoms with Crippen LogP contribution in [0.5, 0.6) is 0 Å². The molecule has 1 aromatic heterocycles. The number of carbonyl (C=O) groups is 2. The number of hydrogen-bond acceptors (Lipinski definition) is 3. The molecule has 0 aliphatic rings. The lowest BCUT2D eigenvalue weighted by Gasteiger charge is -2.21. The lowest BCUT2D eigenvalue weighted by molar-refractivity contribution is -0.118. The summed E-state index contributed by atoms with van der Waals surface area (Å²) in [6.45, 7) is 5.90. The Kier molecular flexibility index (Phi) is 5.93. The number of hydrogen-bond donors (Lipinski definition) is 2. The topological polar surface area (TPSA) is 58.2 Å². The smallest absolute Gasteiger partial charge is 0.262 e. The van der Waals surface area contributed by atoms with Crippen LogP contribution in [0.4, 0.5) is 5.69 Å². The van der Waals surface area contributed by atoms with E-state index in [4.69, 9.17) is 0 Å². The molecule has 0 unspecified atom stereocenters. The van der Waals surface area contributed by atoms with Crippen molar-refractivity contribution in [3.8, 4) is 0 Å². The zero-order chi connectivity index (χ0) is 16.8. The molecule has 4 nitrogen and oxygen atoms in total. The van der Waals surface area contributed by atoms with Crippen molar-refractivity contribution in [2.75, 3.05) is 5.32 Å². The molecule has 0 saturated heterocycles. The van der Waals surface area contributed by atoms with E-state index < -0.39 is 6.04 Å². The highest BCUT2D eigenvalue weighted by Gasteiger charge is 2.25. The van der Waals surface area contributed by atoms with Crippen LogP contribution in [0, 0.1) is 5.92 Å². The average Bonchev–Trinajstić information content (AvgIpc) is 3.06. The molecule has 2 aromatic rings. The van der Waals surface area contributed by atoms with E-state index in [9.17, 15) is 9.59 Å². The molecule has 122 valence electrons. The van der Waals surface area contributed by atoms with E-state index in [0.717, 1.165) is 17.7 Å². The molecule has 0 spiro atoms. The lowest BCUT2D eigenvalue weighted by Crippen LogP contribution is -2.46. The molecule has 1 heterocycles. The quantitative estimate of drug-likeness (QED) is 0.848. The highest BCUT2D eigenvalue weighted by Crippen LogP contribution is 2.14. The minimum Gasteiger partial charge on any atom is -0.339 e. The molecular weight excluding hydrogens is 308 g/mol. The van der Waals surface area contributed by atoms with Gasteiger partial charge in [0.15, 0.2) is 0 Å². The van der Waals surface area contributed by atoms with E-state index >= 15 is 0 Å². The Morgan fingerprint density at radius 3 is 2.57 bits per heavy atom. The Hall–Kier alpha value is -2.14. The average molecular weight is 330 g/mol. The fraction of sp³-hybridized carbons (Fsp3) is 0.333. The van der Waals surface area contributed by atoms with Crippen LogP contribution >= 0.6 is 11.3 Å². The molecule has 0 radical (unpaired) electrons. The Bertz CT molecular complexity index is 665. The predicted octanol–water partition coefficient (Wildman–Crippen LogP) is 3.70. The summed E-state index contributed by atoms with van der Waals surface area (Å²) in [5, 5.41) is 7.57. The largest absolute Gasteiger partial charge is 0.339 e. The van der Waals surface area contributed by atoms with Gasteiger partial charge in [0.05, 0.1) is 4.88 Å². The summed E-state index contributed by atoms with van der Waals surface area (Å²) >= 11 is 1.36. The van der Waals surface area contributed by atoms with Crippen molar-refractivity contribution in [1.29, 1.82) is 0 Å². The van der Waals surface area contributed by atoms with E-state index in [0.29, 0.717) is 4.88 Å². The minimum atomic E-state index is -0.574. The van der Waals surface area contributed by atoms with Crippen LogP contribution < -0.4 is 10.6 Å². The molecule has 2 N–H and O–H groups in total. The first kappa shape index (κ1) is 17.2. The Morgan fingerprint density at radius 1 is 1.17 bits per heavy atom. The molecule has 0 saturated carbocycles. The fourth-order valence-corrected chi connectivity index (χ4v) is 2.87. The molecule has 0 fully saturated rings. The van der Waals surface area contributed by atoms with Crippen molar-refractivity contribution in [3.05, 3.63) is 52.2 Å². The molecule has 0 aliphatic carbocycles. The number of nitrogens with one attached hydrogen (secondary N) is 2. The molecular formula is C18H22N2O2S. The second kappa shape index (κ2) is 7.92. The molecule has 0 aliphatic heterocycles. The Labute approximate surface area is 140 Å². The van der Waals surface area contributed by atoms with Gasteiger partial charge in [0.25, 0.3) is 5.91 Å². The van der Waals surface area contributed by atoms with Gasteiger partial charge in [0.2, 0.25) is 5.91 Å². The number of thiophene rings is 1. The second-order valence-corrected chi connectivity index (χ2v) is 6.66. The van der Waals surface area contributed by atoms with Gasteiger partial charge < -0.3 is 10.6 Å². The molecule has 5 heteroatoms. The number of rotatable bonds is 6. The maximum atomic E-state index is 12.5. The highest BCUT2D eigenvalue weighted by atomic mass is 32.1. The Balaban J connectivity index is 2.07. The highest BCUT2D eigenvalue weighted by molar-refractivity contribution is 7.12. The normalized spacial score (nSPS) is 12.0. The van der Waals surface area contributed by atoms with Gasteiger partial charge in [-0.2, -0.15) is 0 Å². The van der Waals surface area contributed by atoms with Gasteiger partial charge >= 0.3 is 0 Å². The second-order valence-electron chi connectivity index (χ2n) is 5.72. The van der Waals surface area contributed by atoms with Crippen LogP contribution in [0.3, 0.4) is 0 Å². The summed E-state index contributed by atoms with van der Waals surface area (Å²) in [6.07, 6.45) is 0.909. The lowest BCUT2D eigenvalue weighted by atomic mass is 10.0. The van der Waals surface area contributed by atoms with E-state index in [-0.39, 0.29) is 17.7 Å². The van der Waals surface area contributed by atoms with Gasteiger partial charge in [0.1, 0.15) is 6.04 Å². The summed E-state index contributed by atoms with van der Waals surface area (Å²) in [5.74, 6) is -0.414. The summed E-state index contributed by atoms with van der Waals surface area (Å²) in [7, 11) is 0. The predicted molar refractivity (Wildman–Crippen MR) is 94.9 cm³/mol. The van der Waals surface area contributed by atoms with Crippen molar-refractivity contribution < 1.29 is 9.59 Å². The molecule has 1 atom stereocenters. The SMILES string of the molecule is CCc1cccc(NC(=O)[C@H](NC(=O)c2cccs2)C(C)C)c1. The maximum Gasteiger partial charge on any atom is 0.262 e. The van der Waals surface area contributed by atoms with Crippen LogP contribution in [0.25, 0.3) is 0 Å². The summed E-state index contributed by atoms with van der Waals surface area (Å²) in [5.41, 5.74) is 1.91. The van der Waals surface area contributed by atoms with Gasteiger partial charge in [-0.05, 0) is 41.5 Å². The third-order valence-electron chi connectivity index (χ3n) is 3.58. The zero-order valence-corrected chi connectivity index (χ0v) is 14.4. The van der Waals surface area contributed by atoms with Gasteiger partial charge in [-0.1, -0.05) is 39.0 Å². The van der Waals surface area contributed by atoms with E-state index in [2.05, 4.69) is 17.6 Å².